The van der Waals surface area contributed by atoms with Crippen LogP contribution in [-0.2, 0) is 18.4 Å². The van der Waals surface area contributed by atoms with Crippen molar-refractivity contribution in [3.05, 3.63) is 41.2 Å². The SMILES string of the molecule is Cc1cc(F)cc2c1N(Cc1ncnn1C)C(=O)C2=O. The van der Waals surface area contributed by atoms with Gasteiger partial charge in [-0.3, -0.25) is 19.2 Å². The number of carbonyl (C=O) groups is 2. The highest BCUT2D eigenvalue weighted by atomic mass is 19.1. The van der Waals surface area contributed by atoms with Crippen LogP contribution < -0.4 is 4.90 Å². The van der Waals surface area contributed by atoms with Crippen molar-refractivity contribution >= 4 is 17.4 Å². The Labute approximate surface area is 113 Å². The van der Waals surface area contributed by atoms with Crippen molar-refractivity contribution in [3.8, 4) is 0 Å². The predicted molar refractivity (Wildman–Crippen MR) is 67.7 cm³/mol. The normalized spacial score (nSPS) is 14.1. The number of Topliss-reactive ketones (excluding diaryl/α,β-unsaturated/α-hetero) is 1. The van der Waals surface area contributed by atoms with Gasteiger partial charge in [-0.2, -0.15) is 5.10 Å². The van der Waals surface area contributed by atoms with Gasteiger partial charge in [-0.05, 0) is 24.6 Å². The fraction of sp³-hybridized carbons (Fsp3) is 0.231. The van der Waals surface area contributed by atoms with Gasteiger partial charge in [-0.1, -0.05) is 0 Å². The summed E-state index contributed by atoms with van der Waals surface area (Å²) in [5.74, 6) is -1.34. The van der Waals surface area contributed by atoms with Gasteiger partial charge in [0.25, 0.3) is 11.7 Å². The van der Waals surface area contributed by atoms with E-state index in [0.29, 0.717) is 17.1 Å². The lowest BCUT2D eigenvalue weighted by atomic mass is 10.1. The maximum absolute atomic E-state index is 13.4. The molecule has 0 radical (unpaired) electrons. The predicted octanol–water partition coefficient (Wildman–Crippen LogP) is 0.992. The molecule has 0 saturated heterocycles. The van der Waals surface area contributed by atoms with Crippen LogP contribution in [0.4, 0.5) is 10.1 Å². The maximum Gasteiger partial charge on any atom is 0.299 e. The second-order valence-electron chi connectivity index (χ2n) is 4.64. The van der Waals surface area contributed by atoms with Gasteiger partial charge < -0.3 is 0 Å². The second-order valence-corrected chi connectivity index (χ2v) is 4.64. The van der Waals surface area contributed by atoms with Crippen LogP contribution >= 0.6 is 0 Å². The molecule has 0 unspecified atom stereocenters. The molecule has 0 N–H and O–H groups in total. The number of rotatable bonds is 2. The van der Waals surface area contributed by atoms with E-state index < -0.39 is 17.5 Å². The Hall–Kier alpha value is -2.57. The lowest BCUT2D eigenvalue weighted by Crippen LogP contribution is -2.30. The molecule has 102 valence electrons. The summed E-state index contributed by atoms with van der Waals surface area (Å²) in [6.45, 7) is 1.79. The molecule has 0 saturated carbocycles. The fourth-order valence-electron chi connectivity index (χ4n) is 2.36. The molecule has 1 aromatic heterocycles. The van der Waals surface area contributed by atoms with E-state index in [9.17, 15) is 14.0 Å². The van der Waals surface area contributed by atoms with Gasteiger partial charge in [-0.25, -0.2) is 9.37 Å². The first-order valence-electron chi connectivity index (χ1n) is 5.98. The van der Waals surface area contributed by atoms with Crippen molar-refractivity contribution in [1.82, 2.24) is 14.8 Å². The largest absolute Gasteiger partial charge is 0.299 e. The molecule has 0 bridgehead atoms. The number of halogens is 1. The Balaban J connectivity index is 2.09. The van der Waals surface area contributed by atoms with Crippen LogP contribution in [-0.4, -0.2) is 26.5 Å². The second kappa shape index (κ2) is 4.22. The number of fused-ring (bicyclic) bond motifs is 1. The average molecular weight is 274 g/mol. The van der Waals surface area contributed by atoms with Crippen LogP contribution in [0.2, 0.25) is 0 Å². The Kier molecular flexibility index (Phi) is 2.63. The van der Waals surface area contributed by atoms with Crippen LogP contribution in [0, 0.1) is 12.7 Å². The highest BCUT2D eigenvalue weighted by Crippen LogP contribution is 2.34. The number of hydrogen-bond donors (Lipinski definition) is 0. The molecule has 20 heavy (non-hydrogen) atoms. The first-order chi connectivity index (χ1) is 9.49. The number of aryl methyl sites for hydroxylation is 2. The Morgan fingerprint density at radius 3 is 2.70 bits per heavy atom. The van der Waals surface area contributed by atoms with Gasteiger partial charge >= 0.3 is 0 Å². The summed E-state index contributed by atoms with van der Waals surface area (Å²) < 4.78 is 14.9. The summed E-state index contributed by atoms with van der Waals surface area (Å²) in [6, 6.07) is 2.40. The van der Waals surface area contributed by atoms with Crippen LogP contribution in [0.25, 0.3) is 0 Å². The third-order valence-electron chi connectivity index (χ3n) is 3.32. The number of anilines is 1. The molecule has 0 atom stereocenters. The summed E-state index contributed by atoms with van der Waals surface area (Å²) in [5.41, 5.74) is 1.10. The number of amides is 1. The molecule has 0 fully saturated rings. The van der Waals surface area contributed by atoms with Crippen molar-refractivity contribution in [1.29, 1.82) is 0 Å². The van der Waals surface area contributed by atoms with Crippen molar-refractivity contribution in [2.45, 2.75) is 13.5 Å². The van der Waals surface area contributed by atoms with Crippen LogP contribution in [0.15, 0.2) is 18.5 Å². The van der Waals surface area contributed by atoms with Crippen molar-refractivity contribution in [2.75, 3.05) is 4.90 Å². The number of nitrogens with zero attached hydrogens (tertiary/aromatic N) is 4. The summed E-state index contributed by atoms with van der Waals surface area (Å²) >= 11 is 0. The van der Waals surface area contributed by atoms with Gasteiger partial charge in [0.15, 0.2) is 0 Å². The zero-order chi connectivity index (χ0) is 14.4. The Morgan fingerprint density at radius 1 is 1.30 bits per heavy atom. The molecule has 3 rings (SSSR count). The topological polar surface area (TPSA) is 68.1 Å². The summed E-state index contributed by atoms with van der Waals surface area (Å²) in [4.78, 5) is 29.3. The van der Waals surface area contributed by atoms with E-state index in [1.165, 1.54) is 22.0 Å². The first kappa shape index (κ1) is 12.5. The summed E-state index contributed by atoms with van der Waals surface area (Å²) in [6.07, 6.45) is 1.37. The van der Waals surface area contributed by atoms with Crippen molar-refractivity contribution < 1.29 is 14.0 Å². The molecule has 1 aliphatic heterocycles. The number of ketones is 1. The number of benzene rings is 1. The zero-order valence-electron chi connectivity index (χ0n) is 10.9. The lowest BCUT2D eigenvalue weighted by Gasteiger charge is -2.17. The van der Waals surface area contributed by atoms with Crippen molar-refractivity contribution in [3.63, 3.8) is 0 Å². The number of hydrogen-bond acceptors (Lipinski definition) is 4. The lowest BCUT2D eigenvalue weighted by molar-refractivity contribution is -0.114. The quantitative estimate of drug-likeness (QED) is 0.766. The van der Waals surface area contributed by atoms with Gasteiger partial charge in [-0.15, -0.1) is 0 Å². The number of carbonyl (C=O) groups excluding carboxylic acids is 2. The van der Waals surface area contributed by atoms with E-state index >= 15 is 0 Å². The number of aromatic nitrogens is 3. The van der Waals surface area contributed by atoms with E-state index in [1.807, 2.05) is 0 Å². The van der Waals surface area contributed by atoms with Crippen molar-refractivity contribution in [2.24, 2.45) is 7.05 Å². The van der Waals surface area contributed by atoms with Gasteiger partial charge in [0.1, 0.15) is 18.0 Å². The molecule has 2 aromatic rings. The van der Waals surface area contributed by atoms with E-state index in [2.05, 4.69) is 10.1 Å². The average Bonchev–Trinajstić information content (AvgIpc) is 2.88. The molecule has 7 heteroatoms. The molecule has 0 aliphatic carbocycles. The zero-order valence-corrected chi connectivity index (χ0v) is 10.9. The van der Waals surface area contributed by atoms with Gasteiger partial charge in [0.05, 0.1) is 17.8 Å². The van der Waals surface area contributed by atoms with E-state index in [4.69, 9.17) is 0 Å². The molecule has 0 spiro atoms. The standard InChI is InChI=1S/C13H11FN4O2/c1-7-3-8(14)4-9-11(7)18(13(20)12(9)19)5-10-15-6-16-17(10)2/h3-4,6H,5H2,1-2H3. The fourth-order valence-corrected chi connectivity index (χ4v) is 2.36. The van der Waals surface area contributed by atoms with Gasteiger partial charge in [0, 0.05) is 7.05 Å². The summed E-state index contributed by atoms with van der Waals surface area (Å²) in [7, 11) is 1.70. The molecule has 1 aromatic carbocycles. The van der Waals surface area contributed by atoms with Gasteiger partial charge in [0.2, 0.25) is 0 Å². The molecular formula is C13H11FN4O2. The summed E-state index contributed by atoms with van der Waals surface area (Å²) in [5, 5.41) is 3.92. The third kappa shape index (κ3) is 1.70. The minimum atomic E-state index is -0.690. The van der Waals surface area contributed by atoms with Crippen LogP contribution in [0.3, 0.4) is 0 Å². The molecule has 6 nitrogen and oxygen atoms in total. The van der Waals surface area contributed by atoms with E-state index in [1.54, 1.807) is 14.0 Å². The smallest absolute Gasteiger partial charge is 0.297 e. The molecule has 1 amide bonds. The highest BCUT2D eigenvalue weighted by Gasteiger charge is 2.38. The first-order valence-corrected chi connectivity index (χ1v) is 5.98. The maximum atomic E-state index is 13.4. The third-order valence-corrected chi connectivity index (χ3v) is 3.32. The Morgan fingerprint density at radius 2 is 2.05 bits per heavy atom. The minimum absolute atomic E-state index is 0.106. The molecular weight excluding hydrogens is 263 g/mol. The highest BCUT2D eigenvalue weighted by molar-refractivity contribution is 6.52. The van der Waals surface area contributed by atoms with E-state index in [0.717, 1.165) is 6.07 Å². The minimum Gasteiger partial charge on any atom is -0.297 e. The Bertz CT molecular complexity index is 738. The molecule has 2 heterocycles. The van der Waals surface area contributed by atoms with Crippen LogP contribution in [0.5, 0.6) is 0 Å². The van der Waals surface area contributed by atoms with E-state index in [-0.39, 0.29) is 12.1 Å². The molecule has 1 aliphatic rings. The monoisotopic (exact) mass is 274 g/mol. The van der Waals surface area contributed by atoms with Crippen LogP contribution in [0.1, 0.15) is 21.7 Å².